The number of carbonyl (C=O) groups is 2. The molecule has 180 valence electrons. The first-order valence-corrected chi connectivity index (χ1v) is 12.8. The summed E-state index contributed by atoms with van der Waals surface area (Å²) in [6, 6.07) is 7.48. The zero-order valence-corrected chi connectivity index (χ0v) is 21.5. The largest absolute Gasteiger partial charge is 0.386 e. The number of amides is 1. The van der Waals surface area contributed by atoms with Gasteiger partial charge in [-0.25, -0.2) is 8.42 Å². The van der Waals surface area contributed by atoms with Gasteiger partial charge in [0.15, 0.2) is 15.6 Å². The number of carbonyl (C=O) groups excluding carboxylic acids is 2. The molecule has 0 radical (unpaired) electrons. The molecule has 0 spiro atoms. The SMILES string of the molecule is CC(C)c1cc(C(N)=O)cc(C(C)C)c1CC(=O)CS(=O)(=O)c1cc(Cl)cc(C(C)(C)O)c1. The Bertz CT molecular complexity index is 1150. The van der Waals surface area contributed by atoms with E-state index in [1.54, 1.807) is 12.1 Å². The van der Waals surface area contributed by atoms with E-state index in [9.17, 15) is 23.1 Å². The maximum Gasteiger partial charge on any atom is 0.248 e. The van der Waals surface area contributed by atoms with Gasteiger partial charge in [-0.3, -0.25) is 9.59 Å². The first-order chi connectivity index (χ1) is 15.0. The lowest BCUT2D eigenvalue weighted by Crippen LogP contribution is -2.22. The van der Waals surface area contributed by atoms with Gasteiger partial charge in [0.25, 0.3) is 0 Å². The number of aliphatic hydroxyl groups is 1. The molecule has 0 fully saturated rings. The molecule has 0 aromatic heterocycles. The van der Waals surface area contributed by atoms with Crippen LogP contribution in [0.25, 0.3) is 0 Å². The van der Waals surface area contributed by atoms with Crippen molar-refractivity contribution in [1.82, 2.24) is 0 Å². The second-order valence-electron chi connectivity index (χ2n) is 9.52. The highest BCUT2D eigenvalue weighted by Crippen LogP contribution is 2.31. The Morgan fingerprint density at radius 3 is 1.94 bits per heavy atom. The lowest BCUT2D eigenvalue weighted by atomic mass is 9.84. The van der Waals surface area contributed by atoms with Crippen molar-refractivity contribution < 1.29 is 23.1 Å². The Labute approximate surface area is 201 Å². The number of benzene rings is 2. The molecule has 8 heteroatoms. The number of Topliss-reactive ketones (excluding diaryl/α,β-unsaturated/α-hetero) is 1. The predicted octanol–water partition coefficient (Wildman–Crippen LogP) is 4.50. The Kier molecular flexibility index (Phi) is 8.15. The van der Waals surface area contributed by atoms with E-state index in [0.717, 1.165) is 16.7 Å². The molecule has 3 N–H and O–H groups in total. The van der Waals surface area contributed by atoms with Crippen molar-refractivity contribution in [2.24, 2.45) is 5.73 Å². The Morgan fingerprint density at radius 1 is 1.00 bits per heavy atom. The summed E-state index contributed by atoms with van der Waals surface area (Å²) in [6.45, 7) is 10.8. The normalized spacial score (nSPS) is 12.4. The molecule has 0 aliphatic heterocycles. The van der Waals surface area contributed by atoms with E-state index in [2.05, 4.69) is 0 Å². The van der Waals surface area contributed by atoms with Crippen LogP contribution in [-0.4, -0.2) is 31.0 Å². The van der Waals surface area contributed by atoms with E-state index in [0.29, 0.717) is 11.1 Å². The van der Waals surface area contributed by atoms with Crippen LogP contribution in [0.15, 0.2) is 35.2 Å². The van der Waals surface area contributed by atoms with E-state index in [-0.39, 0.29) is 28.2 Å². The molecular weight excluding hydrogens is 462 g/mol. The quantitative estimate of drug-likeness (QED) is 0.533. The molecule has 0 saturated carbocycles. The van der Waals surface area contributed by atoms with Crippen LogP contribution in [0.1, 0.15) is 86.0 Å². The Morgan fingerprint density at radius 2 is 1.52 bits per heavy atom. The highest BCUT2D eigenvalue weighted by molar-refractivity contribution is 7.92. The predicted molar refractivity (Wildman–Crippen MR) is 131 cm³/mol. The number of hydrogen-bond donors (Lipinski definition) is 2. The summed E-state index contributed by atoms with van der Waals surface area (Å²) in [7, 11) is -3.99. The maximum atomic E-state index is 13.0. The van der Waals surface area contributed by atoms with Gasteiger partial charge in [-0.2, -0.15) is 0 Å². The van der Waals surface area contributed by atoms with Gasteiger partial charge in [0.05, 0.1) is 10.5 Å². The molecule has 2 aromatic rings. The van der Waals surface area contributed by atoms with Crippen LogP contribution in [0.4, 0.5) is 0 Å². The monoisotopic (exact) mass is 493 g/mol. The van der Waals surface area contributed by atoms with Gasteiger partial charge in [0, 0.05) is 17.0 Å². The topological polar surface area (TPSA) is 115 Å². The molecule has 2 aromatic carbocycles. The average Bonchev–Trinajstić information content (AvgIpc) is 2.65. The fourth-order valence-electron chi connectivity index (χ4n) is 3.73. The Hall–Kier alpha value is -2.22. The number of primary amides is 1. The van der Waals surface area contributed by atoms with Crippen LogP contribution in [0, 0.1) is 0 Å². The van der Waals surface area contributed by atoms with Gasteiger partial charge >= 0.3 is 0 Å². The minimum absolute atomic E-state index is 0.00322. The van der Waals surface area contributed by atoms with Crippen molar-refractivity contribution in [2.75, 3.05) is 5.75 Å². The first-order valence-electron chi connectivity index (χ1n) is 10.8. The second-order valence-corrected chi connectivity index (χ2v) is 11.9. The number of nitrogens with two attached hydrogens (primary N) is 1. The zero-order chi connectivity index (χ0) is 25.3. The second kappa shape index (κ2) is 9.95. The molecule has 0 heterocycles. The lowest BCUT2D eigenvalue weighted by molar-refractivity contribution is -0.116. The van der Waals surface area contributed by atoms with Crippen molar-refractivity contribution >= 4 is 33.1 Å². The molecule has 2 rings (SSSR count). The minimum atomic E-state index is -3.99. The third-order valence-corrected chi connectivity index (χ3v) is 7.38. The molecule has 0 unspecified atom stereocenters. The minimum Gasteiger partial charge on any atom is -0.386 e. The summed E-state index contributed by atoms with van der Waals surface area (Å²) in [4.78, 5) is 24.7. The summed E-state index contributed by atoms with van der Waals surface area (Å²) < 4.78 is 26.0. The van der Waals surface area contributed by atoms with Crippen molar-refractivity contribution in [3.8, 4) is 0 Å². The molecule has 0 saturated heterocycles. The molecule has 1 amide bonds. The van der Waals surface area contributed by atoms with E-state index in [1.165, 1.54) is 32.0 Å². The van der Waals surface area contributed by atoms with Crippen LogP contribution in [-0.2, 0) is 26.7 Å². The molecule has 0 bridgehead atoms. The van der Waals surface area contributed by atoms with Gasteiger partial charge < -0.3 is 10.8 Å². The van der Waals surface area contributed by atoms with Crippen LogP contribution < -0.4 is 5.73 Å². The third-order valence-electron chi connectivity index (χ3n) is 5.51. The Balaban J connectivity index is 2.45. The molecule has 0 aliphatic rings. The van der Waals surface area contributed by atoms with Crippen LogP contribution in [0.2, 0.25) is 5.02 Å². The molecular formula is C25H32ClNO5S. The van der Waals surface area contributed by atoms with Gasteiger partial charge in [-0.15, -0.1) is 0 Å². The third kappa shape index (κ3) is 6.65. The van der Waals surface area contributed by atoms with Gasteiger partial charge in [0.1, 0.15) is 5.75 Å². The molecule has 0 aliphatic carbocycles. The molecule has 33 heavy (non-hydrogen) atoms. The van der Waals surface area contributed by atoms with Gasteiger partial charge in [0.2, 0.25) is 5.91 Å². The maximum absolute atomic E-state index is 13.0. The number of sulfone groups is 1. The first kappa shape index (κ1) is 27.0. The van der Waals surface area contributed by atoms with Crippen molar-refractivity contribution in [3.63, 3.8) is 0 Å². The fourth-order valence-corrected chi connectivity index (χ4v) is 5.34. The summed E-state index contributed by atoms with van der Waals surface area (Å²) in [6.07, 6.45) is -0.0851. The van der Waals surface area contributed by atoms with E-state index in [4.69, 9.17) is 17.3 Å². The summed E-state index contributed by atoms with van der Waals surface area (Å²) in [5.41, 5.74) is 7.23. The van der Waals surface area contributed by atoms with Crippen molar-refractivity contribution in [1.29, 1.82) is 0 Å². The van der Waals surface area contributed by atoms with Crippen molar-refractivity contribution in [3.05, 3.63) is 63.2 Å². The van der Waals surface area contributed by atoms with E-state index in [1.807, 2.05) is 27.7 Å². The van der Waals surface area contributed by atoms with Crippen LogP contribution in [0.5, 0.6) is 0 Å². The highest BCUT2D eigenvalue weighted by atomic mass is 35.5. The summed E-state index contributed by atoms with van der Waals surface area (Å²) >= 11 is 6.08. The lowest BCUT2D eigenvalue weighted by Gasteiger charge is -2.21. The van der Waals surface area contributed by atoms with Gasteiger partial charge in [-0.1, -0.05) is 39.3 Å². The van der Waals surface area contributed by atoms with Crippen LogP contribution in [0.3, 0.4) is 0 Å². The summed E-state index contributed by atoms with van der Waals surface area (Å²) in [5, 5.41) is 10.4. The number of rotatable bonds is 9. The summed E-state index contributed by atoms with van der Waals surface area (Å²) in [5.74, 6) is -1.73. The molecule has 6 nitrogen and oxygen atoms in total. The zero-order valence-electron chi connectivity index (χ0n) is 19.9. The highest BCUT2D eigenvalue weighted by Gasteiger charge is 2.26. The fraction of sp³-hybridized carbons (Fsp3) is 0.440. The smallest absolute Gasteiger partial charge is 0.248 e. The van der Waals surface area contributed by atoms with Crippen LogP contribution >= 0.6 is 11.6 Å². The van der Waals surface area contributed by atoms with E-state index < -0.39 is 32.9 Å². The number of halogens is 1. The number of ketones is 1. The van der Waals surface area contributed by atoms with E-state index >= 15 is 0 Å². The number of hydrogen-bond acceptors (Lipinski definition) is 5. The standard InChI is InChI=1S/C25H32ClNO5S/c1-14(2)21-7-16(24(27)29)8-22(15(3)4)23(21)12-19(28)13-33(31,32)20-10-17(25(5,6)30)9-18(26)11-20/h7-11,14-15,30H,12-13H2,1-6H3,(H2,27,29). The molecule has 0 atom stereocenters. The van der Waals surface area contributed by atoms with Crippen molar-refractivity contribution in [2.45, 2.75) is 70.3 Å². The average molecular weight is 494 g/mol. The van der Waals surface area contributed by atoms with Gasteiger partial charge in [-0.05, 0) is 78.3 Å².